The molecule has 1 saturated heterocycles. The topological polar surface area (TPSA) is 41.5 Å². The first-order chi connectivity index (χ1) is 4.77. The third-order valence-corrected chi connectivity index (χ3v) is 1.79. The molecule has 2 N–H and O–H groups in total. The summed E-state index contributed by atoms with van der Waals surface area (Å²) in [7, 11) is 0. The summed E-state index contributed by atoms with van der Waals surface area (Å²) in [6, 6.07) is 0. The van der Waals surface area contributed by atoms with E-state index in [1.165, 1.54) is 0 Å². The maximum Gasteiger partial charge on any atom is 0.102 e. The fraction of sp³-hybridized carbons (Fsp3) is 1.00. The van der Waals surface area contributed by atoms with Crippen LogP contribution < -0.4 is 5.32 Å². The highest BCUT2D eigenvalue weighted by molar-refractivity contribution is 4.84. The van der Waals surface area contributed by atoms with E-state index in [0.29, 0.717) is 19.8 Å². The summed E-state index contributed by atoms with van der Waals surface area (Å²) in [6.07, 6.45) is 0.764. The van der Waals surface area contributed by atoms with Crippen LogP contribution in [-0.4, -0.2) is 37.0 Å². The molecule has 3 heteroatoms. The fourth-order valence-electron chi connectivity index (χ4n) is 1.09. The lowest BCUT2D eigenvalue weighted by molar-refractivity contribution is 0.0275. The smallest absolute Gasteiger partial charge is 0.102 e. The zero-order chi connectivity index (χ0) is 7.45. The number of likely N-dealkylation sites (N-methyl/N-ethyl adjacent to an activating group) is 1. The fourth-order valence-corrected chi connectivity index (χ4v) is 1.09. The molecule has 0 aromatic rings. The van der Waals surface area contributed by atoms with Gasteiger partial charge in [0.25, 0.3) is 0 Å². The zero-order valence-electron chi connectivity index (χ0n) is 6.39. The normalized spacial score (nSPS) is 33.0. The van der Waals surface area contributed by atoms with Crippen molar-refractivity contribution in [1.29, 1.82) is 0 Å². The molecule has 0 radical (unpaired) electrons. The van der Waals surface area contributed by atoms with Crippen LogP contribution in [0.3, 0.4) is 0 Å². The van der Waals surface area contributed by atoms with E-state index in [2.05, 4.69) is 5.32 Å². The van der Waals surface area contributed by atoms with Gasteiger partial charge in [-0.1, -0.05) is 6.92 Å². The highest BCUT2D eigenvalue weighted by atomic mass is 16.5. The van der Waals surface area contributed by atoms with Crippen molar-refractivity contribution < 1.29 is 9.84 Å². The second-order valence-corrected chi connectivity index (χ2v) is 2.81. The molecule has 3 nitrogen and oxygen atoms in total. The first kappa shape index (κ1) is 7.98. The van der Waals surface area contributed by atoms with Gasteiger partial charge in [0.05, 0.1) is 6.61 Å². The van der Waals surface area contributed by atoms with Gasteiger partial charge in [-0.05, 0) is 6.54 Å². The Kier molecular flexibility index (Phi) is 2.65. The maximum absolute atomic E-state index is 9.63. The summed E-state index contributed by atoms with van der Waals surface area (Å²) >= 11 is 0. The molecule has 0 aromatic carbocycles. The SMILES string of the molecule is CCNCC1(O)CCOC1. The minimum absolute atomic E-state index is 0.486. The number of rotatable bonds is 3. The van der Waals surface area contributed by atoms with Crippen LogP contribution in [0.4, 0.5) is 0 Å². The molecule has 10 heavy (non-hydrogen) atoms. The van der Waals surface area contributed by atoms with Gasteiger partial charge in [0.15, 0.2) is 0 Å². The Morgan fingerprint density at radius 3 is 3.00 bits per heavy atom. The Hall–Kier alpha value is -0.120. The van der Waals surface area contributed by atoms with Crippen LogP contribution in [0.15, 0.2) is 0 Å². The van der Waals surface area contributed by atoms with Crippen LogP contribution in [0, 0.1) is 0 Å². The van der Waals surface area contributed by atoms with E-state index in [-0.39, 0.29) is 0 Å². The number of aliphatic hydroxyl groups is 1. The predicted molar refractivity (Wildman–Crippen MR) is 38.9 cm³/mol. The highest BCUT2D eigenvalue weighted by Crippen LogP contribution is 2.16. The van der Waals surface area contributed by atoms with Gasteiger partial charge in [-0.2, -0.15) is 0 Å². The van der Waals surface area contributed by atoms with E-state index in [1.807, 2.05) is 6.92 Å². The van der Waals surface area contributed by atoms with Crippen molar-refractivity contribution in [2.45, 2.75) is 18.9 Å². The van der Waals surface area contributed by atoms with E-state index >= 15 is 0 Å². The van der Waals surface area contributed by atoms with Gasteiger partial charge in [-0.15, -0.1) is 0 Å². The summed E-state index contributed by atoms with van der Waals surface area (Å²) in [5.41, 5.74) is -0.587. The van der Waals surface area contributed by atoms with Gasteiger partial charge in [0.2, 0.25) is 0 Å². The Morgan fingerprint density at radius 1 is 1.70 bits per heavy atom. The molecule has 0 aromatic heterocycles. The van der Waals surface area contributed by atoms with Crippen LogP contribution in [0.25, 0.3) is 0 Å². The zero-order valence-corrected chi connectivity index (χ0v) is 6.39. The molecule has 60 valence electrons. The number of hydrogen-bond acceptors (Lipinski definition) is 3. The molecule has 0 aliphatic carbocycles. The molecule has 0 saturated carbocycles. The van der Waals surface area contributed by atoms with Gasteiger partial charge in [-0.25, -0.2) is 0 Å². The Bertz CT molecular complexity index is 99.8. The van der Waals surface area contributed by atoms with E-state index in [9.17, 15) is 5.11 Å². The van der Waals surface area contributed by atoms with E-state index in [0.717, 1.165) is 13.0 Å². The van der Waals surface area contributed by atoms with Crippen LogP contribution in [-0.2, 0) is 4.74 Å². The van der Waals surface area contributed by atoms with Crippen LogP contribution in [0.1, 0.15) is 13.3 Å². The molecule has 1 aliphatic heterocycles. The number of ether oxygens (including phenoxy) is 1. The Balaban J connectivity index is 2.22. The van der Waals surface area contributed by atoms with Crippen molar-refractivity contribution in [1.82, 2.24) is 5.32 Å². The van der Waals surface area contributed by atoms with Gasteiger partial charge < -0.3 is 15.2 Å². The molecule has 1 atom stereocenters. The first-order valence-corrected chi connectivity index (χ1v) is 3.78. The van der Waals surface area contributed by atoms with Gasteiger partial charge in [0.1, 0.15) is 5.60 Å². The second-order valence-electron chi connectivity index (χ2n) is 2.81. The van der Waals surface area contributed by atoms with Crippen LogP contribution in [0.5, 0.6) is 0 Å². The highest BCUT2D eigenvalue weighted by Gasteiger charge is 2.31. The Labute approximate surface area is 61.4 Å². The van der Waals surface area contributed by atoms with Gasteiger partial charge >= 0.3 is 0 Å². The number of nitrogens with one attached hydrogen (secondary N) is 1. The minimum atomic E-state index is -0.587. The summed E-state index contributed by atoms with van der Waals surface area (Å²) in [5, 5.41) is 12.7. The van der Waals surface area contributed by atoms with Gasteiger partial charge in [-0.3, -0.25) is 0 Å². The van der Waals surface area contributed by atoms with Crippen molar-refractivity contribution >= 4 is 0 Å². The van der Waals surface area contributed by atoms with Crippen LogP contribution in [0.2, 0.25) is 0 Å². The molecule has 1 fully saturated rings. The molecular formula is C7H15NO2. The third kappa shape index (κ3) is 1.94. The van der Waals surface area contributed by atoms with Crippen molar-refractivity contribution in [2.75, 3.05) is 26.3 Å². The quantitative estimate of drug-likeness (QED) is 0.575. The standard InChI is InChI=1S/C7H15NO2/c1-2-8-5-7(9)3-4-10-6-7/h8-9H,2-6H2,1H3. The Morgan fingerprint density at radius 2 is 2.50 bits per heavy atom. The van der Waals surface area contributed by atoms with Crippen molar-refractivity contribution in [2.24, 2.45) is 0 Å². The average molecular weight is 145 g/mol. The van der Waals surface area contributed by atoms with E-state index in [4.69, 9.17) is 4.74 Å². The first-order valence-electron chi connectivity index (χ1n) is 3.78. The average Bonchev–Trinajstić information content (AvgIpc) is 2.33. The lowest BCUT2D eigenvalue weighted by Gasteiger charge is -2.19. The maximum atomic E-state index is 9.63. The summed E-state index contributed by atoms with van der Waals surface area (Å²) < 4.78 is 5.07. The lowest BCUT2D eigenvalue weighted by Crippen LogP contribution is -2.40. The number of hydrogen-bond donors (Lipinski definition) is 2. The molecule has 1 heterocycles. The molecule has 0 spiro atoms. The summed E-state index contributed by atoms with van der Waals surface area (Å²) in [5.74, 6) is 0. The molecule has 0 bridgehead atoms. The third-order valence-electron chi connectivity index (χ3n) is 1.79. The monoisotopic (exact) mass is 145 g/mol. The summed E-state index contributed by atoms with van der Waals surface area (Å²) in [6.45, 7) is 4.77. The van der Waals surface area contributed by atoms with E-state index in [1.54, 1.807) is 0 Å². The molecular weight excluding hydrogens is 130 g/mol. The molecule has 1 unspecified atom stereocenters. The van der Waals surface area contributed by atoms with Gasteiger partial charge in [0, 0.05) is 19.6 Å². The molecule has 1 aliphatic rings. The van der Waals surface area contributed by atoms with E-state index < -0.39 is 5.60 Å². The summed E-state index contributed by atoms with van der Waals surface area (Å²) in [4.78, 5) is 0. The van der Waals surface area contributed by atoms with Crippen molar-refractivity contribution in [3.63, 3.8) is 0 Å². The minimum Gasteiger partial charge on any atom is -0.386 e. The second kappa shape index (κ2) is 3.32. The van der Waals surface area contributed by atoms with Crippen LogP contribution >= 0.6 is 0 Å². The van der Waals surface area contributed by atoms with Crippen molar-refractivity contribution in [3.05, 3.63) is 0 Å². The molecule has 1 rings (SSSR count). The predicted octanol–water partition coefficient (Wildman–Crippen LogP) is -0.253. The van der Waals surface area contributed by atoms with Crippen molar-refractivity contribution in [3.8, 4) is 0 Å². The largest absolute Gasteiger partial charge is 0.386 e. The molecule has 0 amide bonds. The lowest BCUT2D eigenvalue weighted by atomic mass is 10.0.